The van der Waals surface area contributed by atoms with E-state index in [-0.39, 0.29) is 5.57 Å². The van der Waals surface area contributed by atoms with Gasteiger partial charge in [0.25, 0.3) is 0 Å². The van der Waals surface area contributed by atoms with Crippen molar-refractivity contribution in [1.29, 1.82) is 0 Å². The number of carbonyl (C=O) groups is 2. The van der Waals surface area contributed by atoms with Gasteiger partial charge in [0.15, 0.2) is 0 Å². The van der Waals surface area contributed by atoms with E-state index in [4.69, 9.17) is 4.74 Å². The topological polar surface area (TPSA) is 63.6 Å². The Morgan fingerprint density at radius 2 is 1.33 bits per heavy atom. The minimum Gasteiger partial charge on any atom is -0.478 e. The molecule has 0 aliphatic carbocycles. The van der Waals surface area contributed by atoms with Crippen molar-refractivity contribution >= 4 is 23.9 Å². The summed E-state index contributed by atoms with van der Waals surface area (Å²) in [5.74, 6) is 0.188. The molecule has 3 aromatic carbocycles. The minimum absolute atomic E-state index is 0.209. The molecule has 0 amide bonds. The summed E-state index contributed by atoms with van der Waals surface area (Å²) in [7, 11) is 0. The molecule has 0 aromatic heterocycles. The van der Waals surface area contributed by atoms with Crippen molar-refractivity contribution < 1.29 is 19.4 Å². The van der Waals surface area contributed by atoms with Gasteiger partial charge in [0.2, 0.25) is 0 Å². The fourth-order valence-electron chi connectivity index (χ4n) is 2.55. The number of ether oxygens (including phenoxy) is 1. The lowest BCUT2D eigenvalue weighted by atomic mass is 10.0. The van der Waals surface area contributed by atoms with Gasteiger partial charge in [0.1, 0.15) is 17.8 Å². The molecular formula is C23H18O4. The molecule has 0 saturated carbocycles. The van der Waals surface area contributed by atoms with Crippen LogP contribution in [0.5, 0.6) is 11.5 Å². The molecule has 27 heavy (non-hydrogen) atoms. The number of hydrogen-bond acceptors (Lipinski definition) is 3. The third-order valence-electron chi connectivity index (χ3n) is 4.04. The van der Waals surface area contributed by atoms with E-state index in [0.717, 1.165) is 17.4 Å². The van der Waals surface area contributed by atoms with Gasteiger partial charge >= 0.3 is 5.97 Å². The molecule has 0 fully saturated rings. The van der Waals surface area contributed by atoms with E-state index in [9.17, 15) is 14.7 Å². The third kappa shape index (κ3) is 4.70. The summed E-state index contributed by atoms with van der Waals surface area (Å²) in [6, 6.07) is 21.3. The molecule has 0 heterocycles. The molecule has 0 aliphatic rings. The Labute approximate surface area is 157 Å². The number of carboxylic acids is 1. The molecule has 4 heteroatoms. The minimum atomic E-state index is -0.992. The Bertz CT molecular complexity index is 966. The molecule has 0 atom stereocenters. The Balaban J connectivity index is 1.81. The fraction of sp³-hybridized carbons (Fsp3) is 0.0435. The van der Waals surface area contributed by atoms with Gasteiger partial charge in [0.05, 0.1) is 5.57 Å². The molecule has 0 aliphatic heterocycles. The highest BCUT2D eigenvalue weighted by Crippen LogP contribution is 2.25. The van der Waals surface area contributed by atoms with Crippen molar-refractivity contribution in [2.24, 2.45) is 0 Å². The fourth-order valence-corrected chi connectivity index (χ4v) is 2.55. The number of carbonyl (C=O) groups excluding carboxylic acids is 1. The summed E-state index contributed by atoms with van der Waals surface area (Å²) in [5.41, 5.74) is 3.32. The first kappa shape index (κ1) is 18.1. The van der Waals surface area contributed by atoms with Crippen molar-refractivity contribution in [2.75, 3.05) is 0 Å². The van der Waals surface area contributed by atoms with E-state index >= 15 is 0 Å². The highest BCUT2D eigenvalue weighted by atomic mass is 16.5. The third-order valence-corrected chi connectivity index (χ3v) is 4.04. The Morgan fingerprint density at radius 1 is 0.815 bits per heavy atom. The highest BCUT2D eigenvalue weighted by Gasteiger charge is 2.11. The summed E-state index contributed by atoms with van der Waals surface area (Å²) in [6.45, 7) is 1.98. The smallest absolute Gasteiger partial charge is 0.336 e. The SMILES string of the molecule is Cc1ccc(/C=C(\C(=O)O)c2ccc(Oc3ccc(C=O)cc3)cc2)cc1. The number of rotatable bonds is 6. The van der Waals surface area contributed by atoms with Crippen LogP contribution in [-0.4, -0.2) is 17.4 Å². The van der Waals surface area contributed by atoms with Crippen LogP contribution in [-0.2, 0) is 4.79 Å². The summed E-state index contributed by atoms with van der Waals surface area (Å²) in [6.07, 6.45) is 2.42. The van der Waals surface area contributed by atoms with Gasteiger partial charge < -0.3 is 9.84 Å². The maximum absolute atomic E-state index is 11.7. The van der Waals surface area contributed by atoms with Crippen LogP contribution >= 0.6 is 0 Å². The average Bonchev–Trinajstić information content (AvgIpc) is 2.69. The standard InChI is InChI=1S/C23H18O4/c1-16-2-4-17(5-3-16)14-22(23(25)26)19-8-12-21(13-9-19)27-20-10-6-18(15-24)7-11-20/h2-15H,1H3,(H,25,26)/b22-14-. The van der Waals surface area contributed by atoms with Crippen molar-refractivity contribution in [2.45, 2.75) is 6.92 Å². The van der Waals surface area contributed by atoms with Crippen LogP contribution in [0.4, 0.5) is 0 Å². The van der Waals surface area contributed by atoms with Crippen LogP contribution in [0.15, 0.2) is 72.8 Å². The highest BCUT2D eigenvalue weighted by molar-refractivity contribution is 6.20. The van der Waals surface area contributed by atoms with Crippen LogP contribution in [0.2, 0.25) is 0 Å². The zero-order valence-electron chi connectivity index (χ0n) is 14.8. The number of aliphatic carboxylic acids is 1. The molecule has 4 nitrogen and oxygen atoms in total. The van der Waals surface area contributed by atoms with Crippen LogP contribution < -0.4 is 4.74 Å². The molecule has 0 saturated heterocycles. The van der Waals surface area contributed by atoms with Crippen LogP contribution in [0.3, 0.4) is 0 Å². The van der Waals surface area contributed by atoms with E-state index in [1.165, 1.54) is 0 Å². The maximum Gasteiger partial charge on any atom is 0.336 e. The van der Waals surface area contributed by atoms with Gasteiger partial charge in [0, 0.05) is 5.56 Å². The first-order valence-corrected chi connectivity index (χ1v) is 8.40. The number of hydrogen-bond donors (Lipinski definition) is 1. The van der Waals surface area contributed by atoms with Crippen LogP contribution in [0.1, 0.15) is 27.0 Å². The van der Waals surface area contributed by atoms with Crippen molar-refractivity contribution in [3.8, 4) is 11.5 Å². The van der Waals surface area contributed by atoms with Crippen molar-refractivity contribution in [3.63, 3.8) is 0 Å². The zero-order valence-corrected chi connectivity index (χ0v) is 14.8. The lowest BCUT2D eigenvalue weighted by molar-refractivity contribution is -0.130. The van der Waals surface area contributed by atoms with Crippen LogP contribution in [0, 0.1) is 6.92 Å². The molecule has 134 valence electrons. The van der Waals surface area contributed by atoms with Gasteiger partial charge in [-0.1, -0.05) is 42.0 Å². The predicted molar refractivity (Wildman–Crippen MR) is 105 cm³/mol. The lowest BCUT2D eigenvalue weighted by Gasteiger charge is -2.08. The lowest BCUT2D eigenvalue weighted by Crippen LogP contribution is -1.99. The largest absolute Gasteiger partial charge is 0.478 e. The normalized spacial score (nSPS) is 11.1. The second kappa shape index (κ2) is 8.15. The zero-order chi connectivity index (χ0) is 19.2. The van der Waals surface area contributed by atoms with E-state index in [2.05, 4.69) is 0 Å². The molecule has 0 radical (unpaired) electrons. The molecule has 0 spiro atoms. The first-order chi connectivity index (χ1) is 13.0. The summed E-state index contributed by atoms with van der Waals surface area (Å²) in [5, 5.41) is 9.57. The number of benzene rings is 3. The molecule has 3 aromatic rings. The van der Waals surface area contributed by atoms with E-state index < -0.39 is 5.97 Å². The summed E-state index contributed by atoms with van der Waals surface area (Å²) < 4.78 is 5.72. The quantitative estimate of drug-likeness (QED) is 0.372. The maximum atomic E-state index is 11.7. The van der Waals surface area contributed by atoms with Crippen molar-refractivity contribution in [3.05, 3.63) is 95.1 Å². The van der Waals surface area contributed by atoms with Gasteiger partial charge in [-0.2, -0.15) is 0 Å². The molecule has 3 rings (SSSR count). The Kier molecular flexibility index (Phi) is 5.47. The first-order valence-electron chi connectivity index (χ1n) is 8.40. The van der Waals surface area contributed by atoms with Crippen molar-refractivity contribution in [1.82, 2.24) is 0 Å². The number of carboxylic acid groups (broad SMARTS) is 1. The predicted octanol–water partition coefficient (Wildman–Crippen LogP) is 5.23. The molecular weight excluding hydrogens is 340 g/mol. The average molecular weight is 358 g/mol. The van der Waals surface area contributed by atoms with Gasteiger partial charge in [-0.3, -0.25) is 4.79 Å². The summed E-state index contributed by atoms with van der Waals surface area (Å²) >= 11 is 0. The molecule has 0 unspecified atom stereocenters. The van der Waals surface area contributed by atoms with Gasteiger partial charge in [-0.15, -0.1) is 0 Å². The second-order valence-corrected chi connectivity index (χ2v) is 6.09. The molecule has 1 N–H and O–H groups in total. The van der Waals surface area contributed by atoms with Crippen LogP contribution in [0.25, 0.3) is 11.6 Å². The monoisotopic (exact) mass is 358 g/mol. The number of aldehydes is 1. The number of aryl methyl sites for hydroxylation is 1. The van der Waals surface area contributed by atoms with E-state index in [1.54, 1.807) is 54.6 Å². The summed E-state index contributed by atoms with van der Waals surface area (Å²) in [4.78, 5) is 22.4. The van der Waals surface area contributed by atoms with E-state index in [1.807, 2.05) is 31.2 Å². The Morgan fingerprint density at radius 3 is 1.85 bits per heavy atom. The van der Waals surface area contributed by atoms with Gasteiger partial charge in [-0.05, 0) is 60.5 Å². The van der Waals surface area contributed by atoms with E-state index in [0.29, 0.717) is 22.6 Å². The molecule has 0 bridgehead atoms. The second-order valence-electron chi connectivity index (χ2n) is 6.09. The van der Waals surface area contributed by atoms with Gasteiger partial charge in [-0.25, -0.2) is 4.79 Å². The Hall–Kier alpha value is -3.66.